The highest BCUT2D eigenvalue weighted by Crippen LogP contribution is 2.38. The van der Waals surface area contributed by atoms with Crippen molar-refractivity contribution in [3.05, 3.63) is 65.4 Å². The van der Waals surface area contributed by atoms with Gasteiger partial charge in [-0.05, 0) is 26.2 Å². The molecule has 0 aliphatic carbocycles. The SMILES string of the molecule is CN(C)CCO/C1=C(\c2ccccc2)OC(=O)CC2(O)CC(=O)Oc3cccc(c3C1=O)OC2=O. The fourth-order valence-electron chi connectivity index (χ4n) is 3.60. The molecule has 182 valence electrons. The predicted molar refractivity (Wildman–Crippen MR) is 120 cm³/mol. The summed E-state index contributed by atoms with van der Waals surface area (Å²) in [5.41, 5.74) is -2.53. The molecule has 0 saturated carbocycles. The Bertz CT molecular complexity index is 1220. The van der Waals surface area contributed by atoms with Crippen LogP contribution in [0.1, 0.15) is 28.8 Å². The number of carbonyl (C=O) groups is 4. The van der Waals surface area contributed by atoms with Crippen molar-refractivity contribution in [1.29, 1.82) is 0 Å². The molecule has 0 aromatic heterocycles. The lowest BCUT2D eigenvalue weighted by atomic mass is 9.95. The molecule has 35 heavy (non-hydrogen) atoms. The molecule has 1 N–H and O–H groups in total. The molecule has 2 aromatic rings. The van der Waals surface area contributed by atoms with Crippen molar-refractivity contribution in [3.8, 4) is 11.5 Å². The highest BCUT2D eigenvalue weighted by molar-refractivity contribution is 6.15. The van der Waals surface area contributed by atoms with Crippen LogP contribution in [-0.4, -0.2) is 66.5 Å². The topological polar surface area (TPSA) is 129 Å². The lowest BCUT2D eigenvalue weighted by Gasteiger charge is -2.23. The number of cyclic esters (lactones) is 1. The summed E-state index contributed by atoms with van der Waals surface area (Å²) >= 11 is 0. The maximum absolute atomic E-state index is 13.9. The monoisotopic (exact) mass is 481 g/mol. The molecular formula is C25H23NO9. The average molecular weight is 481 g/mol. The van der Waals surface area contributed by atoms with Crippen molar-refractivity contribution in [2.45, 2.75) is 18.4 Å². The van der Waals surface area contributed by atoms with Gasteiger partial charge in [-0.25, -0.2) is 4.79 Å². The largest absolute Gasteiger partial charge is 0.485 e. The van der Waals surface area contributed by atoms with Crippen molar-refractivity contribution >= 4 is 29.5 Å². The number of ketones is 1. The molecule has 10 nitrogen and oxygen atoms in total. The second kappa shape index (κ2) is 9.69. The number of ether oxygens (including phenoxy) is 4. The first kappa shape index (κ1) is 24.1. The van der Waals surface area contributed by atoms with Crippen LogP contribution in [0.4, 0.5) is 0 Å². The molecule has 10 heteroatoms. The lowest BCUT2D eigenvalue weighted by molar-refractivity contribution is -0.167. The molecule has 1 unspecified atom stereocenters. The number of esters is 3. The summed E-state index contributed by atoms with van der Waals surface area (Å²) < 4.78 is 22.0. The van der Waals surface area contributed by atoms with E-state index in [1.54, 1.807) is 30.3 Å². The van der Waals surface area contributed by atoms with E-state index in [1.165, 1.54) is 18.2 Å². The van der Waals surface area contributed by atoms with Gasteiger partial charge in [0.25, 0.3) is 0 Å². The zero-order chi connectivity index (χ0) is 25.2. The van der Waals surface area contributed by atoms with Crippen molar-refractivity contribution in [3.63, 3.8) is 0 Å². The summed E-state index contributed by atoms with van der Waals surface area (Å²) in [4.78, 5) is 54.0. The van der Waals surface area contributed by atoms with E-state index in [9.17, 15) is 24.3 Å². The van der Waals surface area contributed by atoms with E-state index >= 15 is 0 Å². The summed E-state index contributed by atoms with van der Waals surface area (Å²) in [7, 11) is 3.63. The Labute approximate surface area is 200 Å². The Balaban J connectivity index is 1.98. The third kappa shape index (κ3) is 5.08. The molecule has 2 aliphatic rings. The minimum atomic E-state index is -2.58. The van der Waals surface area contributed by atoms with Crippen molar-refractivity contribution < 1.29 is 43.2 Å². The Morgan fingerprint density at radius 2 is 1.51 bits per heavy atom. The zero-order valence-electron chi connectivity index (χ0n) is 19.1. The third-order valence-electron chi connectivity index (χ3n) is 5.34. The van der Waals surface area contributed by atoms with Gasteiger partial charge in [0.05, 0.1) is 12.8 Å². The number of nitrogens with zero attached hydrogens (tertiary/aromatic N) is 1. The van der Waals surface area contributed by atoms with Gasteiger partial charge in [-0.3, -0.25) is 14.4 Å². The van der Waals surface area contributed by atoms with Crippen molar-refractivity contribution in [2.24, 2.45) is 0 Å². The predicted octanol–water partition coefficient (Wildman–Crippen LogP) is 1.71. The van der Waals surface area contributed by atoms with E-state index in [2.05, 4.69) is 0 Å². The molecule has 0 amide bonds. The van der Waals surface area contributed by atoms with Crippen LogP contribution in [0.3, 0.4) is 0 Å². The fourth-order valence-corrected chi connectivity index (χ4v) is 3.60. The molecular weight excluding hydrogens is 458 g/mol. The second-order valence-corrected chi connectivity index (χ2v) is 8.36. The van der Waals surface area contributed by atoms with Gasteiger partial charge in [-0.1, -0.05) is 36.4 Å². The molecule has 1 atom stereocenters. The Morgan fingerprint density at radius 1 is 0.886 bits per heavy atom. The summed E-state index contributed by atoms with van der Waals surface area (Å²) in [6.07, 6.45) is -1.81. The minimum Gasteiger partial charge on any atom is -0.485 e. The van der Waals surface area contributed by atoms with Crippen LogP contribution in [0.2, 0.25) is 0 Å². The number of aliphatic hydroxyl groups is 1. The van der Waals surface area contributed by atoms with Crippen LogP contribution in [0.25, 0.3) is 5.76 Å². The van der Waals surface area contributed by atoms with Crippen LogP contribution in [0.15, 0.2) is 54.3 Å². The highest BCUT2D eigenvalue weighted by Gasteiger charge is 2.47. The van der Waals surface area contributed by atoms with Gasteiger partial charge < -0.3 is 29.0 Å². The van der Waals surface area contributed by atoms with Gasteiger partial charge in [0.15, 0.2) is 11.4 Å². The third-order valence-corrected chi connectivity index (χ3v) is 5.34. The van der Waals surface area contributed by atoms with E-state index in [-0.39, 0.29) is 35.2 Å². The summed E-state index contributed by atoms with van der Waals surface area (Å²) in [6, 6.07) is 12.4. The van der Waals surface area contributed by atoms with E-state index in [0.29, 0.717) is 12.1 Å². The lowest BCUT2D eigenvalue weighted by Crippen LogP contribution is -2.46. The molecule has 2 aliphatic heterocycles. The van der Waals surface area contributed by atoms with E-state index in [1.807, 2.05) is 19.0 Å². The fraction of sp³-hybridized carbons (Fsp3) is 0.280. The number of hydrogen-bond acceptors (Lipinski definition) is 10. The standard InChI is InChI=1S/C25H23NO9/c1-26(2)11-12-32-23-21(29)20-16-9-6-10-17(20)34-24(30)25(31,13-18(27)33-16)14-19(28)35-22(23)15-7-4-3-5-8-15/h3-10,31H,11-14H2,1-2H3/b23-22+. The van der Waals surface area contributed by atoms with E-state index in [4.69, 9.17) is 18.9 Å². The summed E-state index contributed by atoms with van der Waals surface area (Å²) in [6.45, 7) is 0.466. The normalized spacial score (nSPS) is 22.5. The van der Waals surface area contributed by atoms with Gasteiger partial charge in [0, 0.05) is 12.1 Å². The molecule has 4 rings (SSSR count). The Morgan fingerprint density at radius 3 is 2.17 bits per heavy atom. The maximum Gasteiger partial charge on any atom is 0.344 e. The molecule has 2 aromatic carbocycles. The van der Waals surface area contributed by atoms with E-state index in [0.717, 1.165) is 0 Å². The first-order valence-corrected chi connectivity index (χ1v) is 10.8. The molecule has 2 heterocycles. The number of benzene rings is 2. The van der Waals surface area contributed by atoms with E-state index < -0.39 is 42.1 Å². The number of likely N-dealkylation sites (N-methyl/N-ethyl adjacent to an activating group) is 1. The number of hydrogen-bond donors (Lipinski definition) is 1. The molecule has 0 spiro atoms. The summed E-state index contributed by atoms with van der Waals surface area (Å²) in [5, 5.41) is 11.0. The van der Waals surface area contributed by atoms with Crippen molar-refractivity contribution in [1.82, 2.24) is 4.90 Å². The number of rotatable bonds is 5. The molecule has 0 radical (unpaired) electrons. The van der Waals surface area contributed by atoms with Gasteiger partial charge >= 0.3 is 17.9 Å². The van der Waals surface area contributed by atoms with Gasteiger partial charge in [-0.2, -0.15) is 0 Å². The smallest absolute Gasteiger partial charge is 0.344 e. The van der Waals surface area contributed by atoms with Crippen LogP contribution in [0.5, 0.6) is 11.5 Å². The summed E-state index contributed by atoms with van der Waals surface area (Å²) in [5.74, 6) is -5.25. The van der Waals surface area contributed by atoms with Crippen LogP contribution < -0.4 is 9.47 Å². The number of carbonyl (C=O) groups excluding carboxylic acids is 4. The zero-order valence-corrected chi connectivity index (χ0v) is 19.1. The van der Waals surface area contributed by atoms with Crippen LogP contribution in [-0.2, 0) is 23.9 Å². The molecule has 0 fully saturated rings. The van der Waals surface area contributed by atoms with Gasteiger partial charge in [0.1, 0.15) is 23.7 Å². The molecule has 0 saturated heterocycles. The Kier molecular flexibility index (Phi) is 6.68. The maximum atomic E-state index is 13.9. The van der Waals surface area contributed by atoms with Gasteiger partial charge in [0.2, 0.25) is 11.5 Å². The Hall–Kier alpha value is -4.02. The van der Waals surface area contributed by atoms with Crippen LogP contribution in [0, 0.1) is 0 Å². The van der Waals surface area contributed by atoms with Gasteiger partial charge in [-0.15, -0.1) is 0 Å². The second-order valence-electron chi connectivity index (χ2n) is 8.36. The van der Waals surface area contributed by atoms with Crippen molar-refractivity contribution in [2.75, 3.05) is 27.2 Å². The number of Topliss-reactive ketones (excluding diaryl/α,β-unsaturated/α-hetero) is 1. The molecule has 4 bridgehead atoms. The highest BCUT2D eigenvalue weighted by atomic mass is 16.6. The number of allylic oxidation sites excluding steroid dienone is 1. The quantitative estimate of drug-likeness (QED) is 0.498. The number of fused-ring (bicyclic) bond motifs is 2. The first-order chi connectivity index (χ1) is 16.7. The van der Waals surface area contributed by atoms with Crippen LogP contribution >= 0.6 is 0 Å². The minimum absolute atomic E-state index is 0.0446. The first-order valence-electron chi connectivity index (χ1n) is 10.8. The average Bonchev–Trinajstić information content (AvgIpc) is 2.80.